The Hall–Kier alpha value is -1.85. The first-order chi connectivity index (χ1) is 9.83. The van der Waals surface area contributed by atoms with E-state index in [-0.39, 0.29) is 0 Å². The monoisotopic (exact) mass is 272 g/mol. The van der Waals surface area contributed by atoms with Gasteiger partial charge in [0.15, 0.2) is 0 Å². The first kappa shape index (κ1) is 13.1. The minimum atomic E-state index is 0.746. The van der Waals surface area contributed by atoms with Gasteiger partial charge in [0.25, 0.3) is 0 Å². The molecule has 0 aliphatic carbocycles. The van der Waals surface area contributed by atoms with E-state index < -0.39 is 0 Å². The van der Waals surface area contributed by atoms with Crippen molar-refractivity contribution in [3.05, 3.63) is 30.5 Å². The third-order valence-electron chi connectivity index (χ3n) is 3.61. The van der Waals surface area contributed by atoms with Crippen molar-refractivity contribution in [2.75, 3.05) is 50.4 Å². The zero-order valence-electron chi connectivity index (χ0n) is 11.5. The lowest BCUT2D eigenvalue weighted by molar-refractivity contribution is 0.0398. The van der Waals surface area contributed by atoms with Crippen molar-refractivity contribution in [3.8, 4) is 0 Å². The molecule has 1 fully saturated rings. The van der Waals surface area contributed by atoms with E-state index >= 15 is 0 Å². The molecule has 0 unspecified atom stereocenters. The second-order valence-electron chi connectivity index (χ2n) is 5.02. The molecule has 0 saturated carbocycles. The van der Waals surface area contributed by atoms with Gasteiger partial charge in [0, 0.05) is 49.1 Å². The molecule has 2 heterocycles. The number of nitrogens with two attached hydrogens (primary N) is 1. The average Bonchev–Trinajstić information content (AvgIpc) is 2.48. The zero-order chi connectivity index (χ0) is 13.8. The number of nitrogens with one attached hydrogen (secondary N) is 1. The summed E-state index contributed by atoms with van der Waals surface area (Å²) in [4.78, 5) is 6.77. The lowest BCUT2D eigenvalue weighted by Crippen LogP contribution is -2.39. The molecule has 5 heteroatoms. The maximum atomic E-state index is 5.79. The minimum Gasteiger partial charge on any atom is -0.399 e. The number of pyridine rings is 1. The topological polar surface area (TPSA) is 63.4 Å². The highest BCUT2D eigenvalue weighted by atomic mass is 16.5. The standard InChI is InChI=1S/C15H20N4O/c16-12-1-2-13-14(3-4-17-15(13)11-12)18-5-6-19-7-9-20-10-8-19/h1-4,11H,5-10,16H2,(H,17,18). The van der Waals surface area contributed by atoms with Gasteiger partial charge in [-0.05, 0) is 24.3 Å². The van der Waals surface area contributed by atoms with Crippen LogP contribution in [0.4, 0.5) is 11.4 Å². The summed E-state index contributed by atoms with van der Waals surface area (Å²) in [6, 6.07) is 7.85. The van der Waals surface area contributed by atoms with Gasteiger partial charge in [0.2, 0.25) is 0 Å². The number of benzene rings is 1. The van der Waals surface area contributed by atoms with Crippen LogP contribution in [0.25, 0.3) is 10.9 Å². The van der Waals surface area contributed by atoms with Gasteiger partial charge < -0.3 is 15.8 Å². The molecule has 1 aliphatic rings. The van der Waals surface area contributed by atoms with Gasteiger partial charge in [-0.1, -0.05) is 0 Å². The van der Waals surface area contributed by atoms with E-state index in [1.54, 1.807) is 0 Å². The summed E-state index contributed by atoms with van der Waals surface area (Å²) in [7, 11) is 0. The molecule has 0 spiro atoms. The molecule has 1 saturated heterocycles. The fraction of sp³-hybridized carbons (Fsp3) is 0.400. The summed E-state index contributed by atoms with van der Waals surface area (Å²) < 4.78 is 5.35. The average molecular weight is 272 g/mol. The minimum absolute atomic E-state index is 0.746. The van der Waals surface area contributed by atoms with Crippen molar-refractivity contribution in [3.63, 3.8) is 0 Å². The molecule has 0 radical (unpaired) electrons. The molecule has 1 aromatic heterocycles. The molecule has 3 rings (SSSR count). The van der Waals surface area contributed by atoms with E-state index in [9.17, 15) is 0 Å². The Bertz CT molecular complexity index is 581. The summed E-state index contributed by atoms with van der Waals surface area (Å²) in [5.74, 6) is 0. The number of anilines is 2. The molecule has 3 N–H and O–H groups in total. The van der Waals surface area contributed by atoms with Crippen molar-refractivity contribution in [1.29, 1.82) is 0 Å². The second kappa shape index (κ2) is 6.07. The molecule has 0 bridgehead atoms. The molecular formula is C15H20N4O. The normalized spacial score (nSPS) is 16.4. The number of nitrogens with zero attached hydrogens (tertiary/aromatic N) is 2. The van der Waals surface area contributed by atoms with Crippen molar-refractivity contribution < 1.29 is 4.74 Å². The zero-order valence-corrected chi connectivity index (χ0v) is 11.5. The van der Waals surface area contributed by atoms with Crippen LogP contribution in [0, 0.1) is 0 Å². The first-order valence-corrected chi connectivity index (χ1v) is 7.01. The van der Waals surface area contributed by atoms with Crippen LogP contribution in [0.3, 0.4) is 0 Å². The Kier molecular flexibility index (Phi) is 3.99. The predicted octanol–water partition coefficient (Wildman–Crippen LogP) is 1.56. The number of aromatic nitrogens is 1. The summed E-state index contributed by atoms with van der Waals surface area (Å²) in [5, 5.41) is 4.61. The highest BCUT2D eigenvalue weighted by Gasteiger charge is 2.09. The number of morpholine rings is 1. The maximum absolute atomic E-state index is 5.79. The van der Waals surface area contributed by atoms with Gasteiger partial charge in [-0.2, -0.15) is 0 Å². The molecule has 2 aromatic rings. The van der Waals surface area contributed by atoms with E-state index in [2.05, 4.69) is 15.2 Å². The predicted molar refractivity (Wildman–Crippen MR) is 81.9 cm³/mol. The summed E-state index contributed by atoms with van der Waals surface area (Å²) in [6.45, 7) is 5.69. The highest BCUT2D eigenvalue weighted by Crippen LogP contribution is 2.23. The molecule has 20 heavy (non-hydrogen) atoms. The third-order valence-corrected chi connectivity index (χ3v) is 3.61. The van der Waals surface area contributed by atoms with Crippen LogP contribution in [-0.4, -0.2) is 49.3 Å². The van der Waals surface area contributed by atoms with E-state index in [1.807, 2.05) is 30.5 Å². The van der Waals surface area contributed by atoms with Crippen molar-refractivity contribution in [1.82, 2.24) is 9.88 Å². The lowest BCUT2D eigenvalue weighted by Gasteiger charge is -2.26. The van der Waals surface area contributed by atoms with Crippen LogP contribution in [-0.2, 0) is 4.74 Å². The van der Waals surface area contributed by atoms with Gasteiger partial charge in [0.1, 0.15) is 0 Å². The Labute approximate surface area is 118 Å². The molecule has 1 aromatic carbocycles. The van der Waals surface area contributed by atoms with Crippen LogP contribution in [0.1, 0.15) is 0 Å². The molecule has 1 aliphatic heterocycles. The fourth-order valence-electron chi connectivity index (χ4n) is 2.49. The van der Waals surface area contributed by atoms with Gasteiger partial charge in [0.05, 0.1) is 18.7 Å². The van der Waals surface area contributed by atoms with Crippen LogP contribution in [0.2, 0.25) is 0 Å². The summed E-state index contributed by atoms with van der Waals surface area (Å²) in [5.41, 5.74) is 8.58. The third kappa shape index (κ3) is 3.00. The van der Waals surface area contributed by atoms with Crippen molar-refractivity contribution in [2.45, 2.75) is 0 Å². The van der Waals surface area contributed by atoms with Gasteiger partial charge in [-0.25, -0.2) is 0 Å². The van der Waals surface area contributed by atoms with Crippen LogP contribution < -0.4 is 11.1 Å². The van der Waals surface area contributed by atoms with Gasteiger partial charge in [-0.15, -0.1) is 0 Å². The summed E-state index contributed by atoms with van der Waals surface area (Å²) in [6.07, 6.45) is 1.82. The Morgan fingerprint density at radius 2 is 2.10 bits per heavy atom. The van der Waals surface area contributed by atoms with Crippen LogP contribution >= 0.6 is 0 Å². The van der Waals surface area contributed by atoms with Crippen LogP contribution in [0.5, 0.6) is 0 Å². The quantitative estimate of drug-likeness (QED) is 0.827. The number of fused-ring (bicyclic) bond motifs is 1. The number of nitrogen functional groups attached to an aromatic ring is 1. The number of hydrogen-bond acceptors (Lipinski definition) is 5. The number of rotatable bonds is 4. The fourth-order valence-corrected chi connectivity index (χ4v) is 2.49. The Morgan fingerprint density at radius 3 is 2.95 bits per heavy atom. The number of hydrogen-bond donors (Lipinski definition) is 2. The number of ether oxygens (including phenoxy) is 1. The van der Waals surface area contributed by atoms with E-state index in [1.165, 1.54) is 0 Å². The highest BCUT2D eigenvalue weighted by molar-refractivity contribution is 5.92. The SMILES string of the molecule is Nc1ccc2c(NCCN3CCOCC3)ccnc2c1. The first-order valence-electron chi connectivity index (χ1n) is 7.01. The van der Waals surface area contributed by atoms with Crippen molar-refractivity contribution in [2.24, 2.45) is 0 Å². The summed E-state index contributed by atoms with van der Waals surface area (Å²) >= 11 is 0. The van der Waals surface area contributed by atoms with E-state index in [0.29, 0.717) is 0 Å². The molecular weight excluding hydrogens is 252 g/mol. The van der Waals surface area contributed by atoms with Gasteiger partial charge in [-0.3, -0.25) is 9.88 Å². The second-order valence-corrected chi connectivity index (χ2v) is 5.02. The largest absolute Gasteiger partial charge is 0.399 e. The van der Waals surface area contributed by atoms with E-state index in [4.69, 9.17) is 10.5 Å². The lowest BCUT2D eigenvalue weighted by atomic mass is 10.1. The molecule has 106 valence electrons. The maximum Gasteiger partial charge on any atom is 0.0743 e. The molecule has 5 nitrogen and oxygen atoms in total. The van der Waals surface area contributed by atoms with E-state index in [0.717, 1.165) is 61.7 Å². The Morgan fingerprint density at radius 1 is 1.25 bits per heavy atom. The smallest absolute Gasteiger partial charge is 0.0743 e. The van der Waals surface area contributed by atoms with Crippen LogP contribution in [0.15, 0.2) is 30.5 Å². The van der Waals surface area contributed by atoms with Gasteiger partial charge >= 0.3 is 0 Å². The van der Waals surface area contributed by atoms with Crippen molar-refractivity contribution >= 4 is 22.3 Å². The Balaban J connectivity index is 1.65. The molecule has 0 atom stereocenters. The molecule has 0 amide bonds.